The molecule has 0 N–H and O–H groups in total. The number of rotatable bonds is 2. The van der Waals surface area contributed by atoms with Crippen LogP contribution < -0.4 is 4.74 Å². The molecule has 106 valence electrons. The summed E-state index contributed by atoms with van der Waals surface area (Å²) < 4.78 is 5.22. The van der Waals surface area contributed by atoms with Gasteiger partial charge in [-0.25, -0.2) is 0 Å². The fourth-order valence-electron chi connectivity index (χ4n) is 2.82. The van der Waals surface area contributed by atoms with E-state index in [0.717, 1.165) is 22.4 Å². The van der Waals surface area contributed by atoms with Crippen LogP contribution in [0.1, 0.15) is 0 Å². The lowest BCUT2D eigenvalue weighted by atomic mass is 10.0. The van der Waals surface area contributed by atoms with E-state index in [9.17, 15) is 0 Å². The molecule has 0 saturated heterocycles. The SMILES string of the molecule is COc1ccc(-c2cnc3ccc4ccccc4c3c2)cc1. The molecule has 3 aromatic carbocycles. The smallest absolute Gasteiger partial charge is 0.118 e. The highest BCUT2D eigenvalue weighted by Gasteiger charge is 2.04. The molecule has 0 aliphatic heterocycles. The van der Waals surface area contributed by atoms with Crippen LogP contribution in [0.2, 0.25) is 0 Å². The zero-order valence-electron chi connectivity index (χ0n) is 12.3. The van der Waals surface area contributed by atoms with Crippen LogP contribution in [0.4, 0.5) is 0 Å². The highest BCUT2D eigenvalue weighted by molar-refractivity contribution is 6.07. The summed E-state index contributed by atoms with van der Waals surface area (Å²) in [5, 5.41) is 3.66. The normalized spacial score (nSPS) is 11.0. The third-order valence-electron chi connectivity index (χ3n) is 4.01. The summed E-state index contributed by atoms with van der Waals surface area (Å²) in [6, 6.07) is 22.9. The van der Waals surface area contributed by atoms with Crippen molar-refractivity contribution in [1.29, 1.82) is 0 Å². The van der Waals surface area contributed by atoms with Crippen molar-refractivity contribution < 1.29 is 4.74 Å². The monoisotopic (exact) mass is 285 g/mol. The fourth-order valence-corrected chi connectivity index (χ4v) is 2.82. The molecule has 2 nitrogen and oxygen atoms in total. The number of benzene rings is 3. The third kappa shape index (κ3) is 2.09. The molecule has 0 aliphatic carbocycles. The Bertz CT molecular complexity index is 958. The Balaban J connectivity index is 1.93. The minimum atomic E-state index is 0.864. The van der Waals surface area contributed by atoms with Gasteiger partial charge >= 0.3 is 0 Å². The first-order valence-electron chi connectivity index (χ1n) is 7.27. The van der Waals surface area contributed by atoms with Gasteiger partial charge in [0.1, 0.15) is 5.75 Å². The number of ether oxygens (including phenoxy) is 1. The van der Waals surface area contributed by atoms with E-state index in [2.05, 4.69) is 59.6 Å². The van der Waals surface area contributed by atoms with Crippen molar-refractivity contribution in [3.63, 3.8) is 0 Å². The second kappa shape index (κ2) is 5.15. The van der Waals surface area contributed by atoms with E-state index in [-0.39, 0.29) is 0 Å². The summed E-state index contributed by atoms with van der Waals surface area (Å²) in [5.41, 5.74) is 3.28. The molecular weight excluding hydrogens is 270 g/mol. The largest absolute Gasteiger partial charge is 0.497 e. The zero-order valence-corrected chi connectivity index (χ0v) is 12.3. The van der Waals surface area contributed by atoms with Gasteiger partial charge in [-0.05, 0) is 40.6 Å². The minimum Gasteiger partial charge on any atom is -0.497 e. The Morgan fingerprint density at radius 1 is 0.773 bits per heavy atom. The number of hydrogen-bond donors (Lipinski definition) is 0. The first kappa shape index (κ1) is 12.8. The Hall–Kier alpha value is -2.87. The van der Waals surface area contributed by atoms with Crippen molar-refractivity contribution in [1.82, 2.24) is 4.98 Å². The highest BCUT2D eigenvalue weighted by atomic mass is 16.5. The van der Waals surface area contributed by atoms with Crippen LogP contribution in [-0.2, 0) is 0 Å². The number of hydrogen-bond acceptors (Lipinski definition) is 2. The molecule has 0 atom stereocenters. The average molecular weight is 285 g/mol. The van der Waals surface area contributed by atoms with Gasteiger partial charge in [0, 0.05) is 17.1 Å². The molecule has 0 radical (unpaired) electrons. The quantitative estimate of drug-likeness (QED) is 0.480. The summed E-state index contributed by atoms with van der Waals surface area (Å²) in [7, 11) is 1.68. The van der Waals surface area contributed by atoms with Crippen molar-refractivity contribution in [2.75, 3.05) is 7.11 Å². The van der Waals surface area contributed by atoms with Gasteiger partial charge in [-0.3, -0.25) is 4.98 Å². The van der Waals surface area contributed by atoms with Crippen LogP contribution >= 0.6 is 0 Å². The second-order valence-electron chi connectivity index (χ2n) is 5.31. The lowest BCUT2D eigenvalue weighted by Crippen LogP contribution is -1.86. The molecule has 0 aliphatic rings. The predicted molar refractivity (Wildman–Crippen MR) is 91.2 cm³/mol. The van der Waals surface area contributed by atoms with Crippen molar-refractivity contribution in [3.8, 4) is 16.9 Å². The van der Waals surface area contributed by atoms with Crippen molar-refractivity contribution in [3.05, 3.63) is 72.9 Å². The maximum atomic E-state index is 5.22. The van der Waals surface area contributed by atoms with Crippen LogP contribution in [0.5, 0.6) is 5.75 Å². The van der Waals surface area contributed by atoms with Crippen molar-refractivity contribution in [2.45, 2.75) is 0 Å². The van der Waals surface area contributed by atoms with E-state index in [1.165, 1.54) is 16.2 Å². The van der Waals surface area contributed by atoms with Gasteiger partial charge in [0.25, 0.3) is 0 Å². The van der Waals surface area contributed by atoms with Gasteiger partial charge < -0.3 is 4.74 Å². The Morgan fingerprint density at radius 2 is 1.59 bits per heavy atom. The van der Waals surface area contributed by atoms with E-state index < -0.39 is 0 Å². The van der Waals surface area contributed by atoms with Gasteiger partial charge in [0.15, 0.2) is 0 Å². The molecule has 0 spiro atoms. The number of methoxy groups -OCH3 is 1. The van der Waals surface area contributed by atoms with E-state index >= 15 is 0 Å². The Morgan fingerprint density at radius 3 is 2.41 bits per heavy atom. The van der Waals surface area contributed by atoms with Crippen LogP contribution in [0.15, 0.2) is 72.9 Å². The zero-order chi connectivity index (χ0) is 14.9. The molecule has 2 heteroatoms. The molecule has 4 rings (SSSR count). The fraction of sp³-hybridized carbons (Fsp3) is 0.0500. The molecule has 0 saturated carbocycles. The summed E-state index contributed by atoms with van der Waals surface area (Å²) >= 11 is 0. The summed E-state index contributed by atoms with van der Waals surface area (Å²) in [6.07, 6.45) is 1.93. The standard InChI is InChI=1S/C20H15NO/c1-22-17-9-6-14(7-10-17)16-12-19-18-5-3-2-4-15(18)8-11-20(19)21-13-16/h2-13H,1H3. The Labute approximate surface area is 129 Å². The van der Waals surface area contributed by atoms with Crippen LogP contribution in [-0.4, -0.2) is 12.1 Å². The molecule has 0 bridgehead atoms. The first-order chi connectivity index (χ1) is 10.8. The Kier molecular flexibility index (Phi) is 3.01. The maximum absolute atomic E-state index is 5.22. The van der Waals surface area contributed by atoms with Gasteiger partial charge in [-0.15, -0.1) is 0 Å². The molecule has 22 heavy (non-hydrogen) atoms. The van der Waals surface area contributed by atoms with Crippen LogP contribution in [0, 0.1) is 0 Å². The lowest BCUT2D eigenvalue weighted by molar-refractivity contribution is 0.415. The summed E-state index contributed by atoms with van der Waals surface area (Å²) in [6.45, 7) is 0. The molecular formula is C20H15NO. The number of fused-ring (bicyclic) bond motifs is 3. The summed E-state index contributed by atoms with van der Waals surface area (Å²) in [5.74, 6) is 0.864. The van der Waals surface area contributed by atoms with Gasteiger partial charge in [0.2, 0.25) is 0 Å². The van der Waals surface area contributed by atoms with E-state index in [1.807, 2.05) is 18.3 Å². The maximum Gasteiger partial charge on any atom is 0.118 e. The van der Waals surface area contributed by atoms with Crippen molar-refractivity contribution in [2.24, 2.45) is 0 Å². The average Bonchev–Trinajstić information content (AvgIpc) is 2.61. The number of aromatic nitrogens is 1. The van der Waals surface area contributed by atoms with Gasteiger partial charge in [-0.2, -0.15) is 0 Å². The van der Waals surface area contributed by atoms with E-state index in [0.29, 0.717) is 0 Å². The van der Waals surface area contributed by atoms with Crippen molar-refractivity contribution >= 4 is 21.7 Å². The molecule has 4 aromatic rings. The third-order valence-corrected chi connectivity index (χ3v) is 4.01. The second-order valence-corrected chi connectivity index (χ2v) is 5.31. The highest BCUT2D eigenvalue weighted by Crippen LogP contribution is 2.29. The first-order valence-corrected chi connectivity index (χ1v) is 7.27. The molecule has 1 aromatic heterocycles. The van der Waals surface area contributed by atoms with Crippen LogP contribution in [0.3, 0.4) is 0 Å². The number of nitrogens with zero attached hydrogens (tertiary/aromatic N) is 1. The van der Waals surface area contributed by atoms with Gasteiger partial charge in [0.05, 0.1) is 12.6 Å². The summed E-state index contributed by atoms with van der Waals surface area (Å²) in [4.78, 5) is 4.62. The van der Waals surface area contributed by atoms with E-state index in [1.54, 1.807) is 7.11 Å². The topological polar surface area (TPSA) is 22.1 Å². The lowest BCUT2D eigenvalue weighted by Gasteiger charge is -2.07. The van der Waals surface area contributed by atoms with Crippen LogP contribution in [0.25, 0.3) is 32.8 Å². The number of pyridine rings is 1. The molecule has 1 heterocycles. The van der Waals surface area contributed by atoms with Gasteiger partial charge in [-0.1, -0.05) is 42.5 Å². The molecule has 0 amide bonds. The minimum absolute atomic E-state index is 0.864. The van der Waals surface area contributed by atoms with E-state index in [4.69, 9.17) is 4.74 Å². The predicted octanol–water partition coefficient (Wildman–Crippen LogP) is 5.06. The molecule has 0 fully saturated rings. The molecule has 0 unspecified atom stereocenters.